The summed E-state index contributed by atoms with van der Waals surface area (Å²) < 4.78 is 9.24. The van der Waals surface area contributed by atoms with Gasteiger partial charge in [-0.15, -0.1) is 70.6 Å². The molecule has 0 saturated carbocycles. The van der Waals surface area contributed by atoms with Gasteiger partial charge in [-0.05, 0) is 0 Å². The van der Waals surface area contributed by atoms with Crippen molar-refractivity contribution in [2.45, 2.75) is 0 Å². The number of hydrogen-bond donors (Lipinski definition) is 0. The zero-order valence-electron chi connectivity index (χ0n) is 9.91. The van der Waals surface area contributed by atoms with Crippen LogP contribution in [-0.2, 0) is 0 Å². The number of thioether (sulfide) groups is 10. The average Bonchev–Trinajstić information content (AvgIpc) is 2.89. The lowest BCUT2D eigenvalue weighted by molar-refractivity contribution is 2.18. The highest BCUT2D eigenvalue weighted by Gasteiger charge is 2.32. The summed E-state index contributed by atoms with van der Waals surface area (Å²) in [5.74, 6) is 0. The van der Waals surface area contributed by atoms with Crippen LogP contribution in [0.25, 0.3) is 0 Å². The Hall–Kier alpha value is 2.72. The van der Waals surface area contributed by atoms with Gasteiger partial charge in [0.2, 0.25) is 0 Å². The largest absolute Gasteiger partial charge is 0.139 e. The minimum atomic E-state index is 1.21. The van der Waals surface area contributed by atoms with Crippen LogP contribution in [0.15, 0.2) is 25.4 Å². The quantitative estimate of drug-likeness (QED) is 0.362. The Morgan fingerprint density at radius 1 is 0.400 bits per heavy atom. The lowest BCUT2D eigenvalue weighted by atomic mass is 11.2. The van der Waals surface area contributed by atoms with E-state index >= 15 is 0 Å². The Balaban J connectivity index is 1.50. The van der Waals surface area contributed by atoms with Crippen LogP contribution < -0.4 is 0 Å². The van der Waals surface area contributed by atoms with Gasteiger partial charge in [0.1, 0.15) is 0 Å². The second kappa shape index (κ2) is 7.74. The van der Waals surface area contributed by atoms with Crippen LogP contribution in [0.1, 0.15) is 0 Å². The average molecular weight is 449 g/mol. The fourth-order valence-corrected chi connectivity index (χ4v) is 17.2. The molecule has 108 valence electrons. The molecule has 0 aliphatic carbocycles. The molecule has 20 heavy (non-hydrogen) atoms. The molecule has 0 saturated heterocycles. The summed E-state index contributed by atoms with van der Waals surface area (Å²) in [4.78, 5) is 0. The van der Waals surface area contributed by atoms with Crippen molar-refractivity contribution in [3.8, 4) is 0 Å². The van der Waals surface area contributed by atoms with E-state index in [0.29, 0.717) is 0 Å². The molecular weight excluding hydrogens is 441 g/mol. The number of rotatable bonds is 0. The first kappa shape index (κ1) is 16.2. The minimum absolute atomic E-state index is 1.21. The molecule has 0 bridgehead atoms. The summed E-state index contributed by atoms with van der Waals surface area (Å²) in [5, 5.41) is 4.83. The Kier molecular flexibility index (Phi) is 6.27. The molecule has 0 N–H and O–H groups in total. The van der Waals surface area contributed by atoms with E-state index in [1.807, 2.05) is 118 Å². The summed E-state index contributed by atoms with van der Waals surface area (Å²) in [5.41, 5.74) is 0. The van der Waals surface area contributed by atoms with Gasteiger partial charge in [0.15, 0.2) is 0 Å². The third kappa shape index (κ3) is 3.69. The van der Waals surface area contributed by atoms with Crippen LogP contribution in [0.3, 0.4) is 0 Å². The van der Waals surface area contributed by atoms with Gasteiger partial charge in [0.25, 0.3) is 0 Å². The van der Waals surface area contributed by atoms with Crippen molar-refractivity contribution < 1.29 is 0 Å². The van der Waals surface area contributed by atoms with E-state index in [4.69, 9.17) is 0 Å². The minimum Gasteiger partial charge on any atom is -0.139 e. The molecule has 0 aromatic heterocycles. The van der Waals surface area contributed by atoms with Crippen LogP contribution in [0.4, 0.5) is 0 Å². The molecule has 0 aromatic carbocycles. The maximum Gasteiger partial charge on any atom is 0.0717 e. The van der Waals surface area contributed by atoms with Crippen LogP contribution >= 0.6 is 118 Å². The third-order valence-corrected chi connectivity index (χ3v) is 16.8. The maximum atomic E-state index is 2.04. The van der Waals surface area contributed by atoms with E-state index in [2.05, 4.69) is 0 Å². The predicted molar refractivity (Wildman–Crippen MR) is 116 cm³/mol. The summed E-state index contributed by atoms with van der Waals surface area (Å²) in [6.07, 6.45) is 0. The zero-order valence-corrected chi connectivity index (χ0v) is 18.1. The Morgan fingerprint density at radius 3 is 1.00 bits per heavy atom. The Morgan fingerprint density at radius 2 is 0.700 bits per heavy atom. The molecule has 4 rings (SSSR count). The van der Waals surface area contributed by atoms with Crippen molar-refractivity contribution in [3.63, 3.8) is 0 Å². The van der Waals surface area contributed by atoms with E-state index in [-0.39, 0.29) is 0 Å². The predicted octanol–water partition coefficient (Wildman–Crippen LogP) is 7.58. The van der Waals surface area contributed by atoms with Crippen molar-refractivity contribution in [1.82, 2.24) is 0 Å². The molecule has 0 nitrogen and oxygen atoms in total. The molecular formula is C10H8S10. The SMILES string of the molecule is C1SCSC2=C(S1)SC(=C1SC3=C(SCSCS3)S1)S2. The second-order valence-corrected chi connectivity index (χ2v) is 16.6. The van der Waals surface area contributed by atoms with Crippen LogP contribution in [0.5, 0.6) is 0 Å². The van der Waals surface area contributed by atoms with Crippen molar-refractivity contribution in [2.24, 2.45) is 0 Å². The first-order valence-corrected chi connectivity index (χ1v) is 15.0. The molecule has 0 radical (unpaired) electrons. The molecule has 0 unspecified atom stereocenters. The zero-order chi connectivity index (χ0) is 13.4. The lowest BCUT2D eigenvalue weighted by Crippen LogP contribution is -1.73. The van der Waals surface area contributed by atoms with E-state index in [1.54, 1.807) is 16.9 Å². The number of hydrogen-bond acceptors (Lipinski definition) is 10. The van der Waals surface area contributed by atoms with Crippen LogP contribution in [-0.4, -0.2) is 20.3 Å². The Labute approximate surface area is 161 Å². The normalized spacial score (nSPS) is 27.6. The molecule has 0 amide bonds. The molecule has 4 aliphatic rings. The topological polar surface area (TPSA) is 0 Å². The highest BCUT2D eigenvalue weighted by Crippen LogP contribution is 2.67. The van der Waals surface area contributed by atoms with Gasteiger partial charge < -0.3 is 0 Å². The van der Waals surface area contributed by atoms with Gasteiger partial charge >= 0.3 is 0 Å². The third-order valence-electron chi connectivity index (χ3n) is 2.33. The fraction of sp³-hybridized carbons (Fsp3) is 0.400. The monoisotopic (exact) mass is 448 g/mol. The Bertz CT molecular complexity index is 432. The summed E-state index contributed by atoms with van der Waals surface area (Å²) >= 11 is 20.3. The summed E-state index contributed by atoms with van der Waals surface area (Å²) in [6, 6.07) is 0. The molecule has 10 heteroatoms. The second-order valence-electron chi connectivity index (χ2n) is 3.59. The lowest BCUT2D eigenvalue weighted by Gasteiger charge is -2.04. The molecule has 0 atom stereocenters. The molecule has 4 heterocycles. The van der Waals surface area contributed by atoms with Gasteiger partial charge in [-0.1, -0.05) is 47.0 Å². The fourth-order valence-electron chi connectivity index (χ4n) is 1.51. The molecule has 0 aromatic rings. The first-order valence-electron chi connectivity index (χ1n) is 5.51. The van der Waals surface area contributed by atoms with E-state index in [9.17, 15) is 0 Å². The van der Waals surface area contributed by atoms with Crippen molar-refractivity contribution >= 4 is 118 Å². The van der Waals surface area contributed by atoms with Gasteiger partial charge in [0.05, 0.1) is 25.4 Å². The van der Waals surface area contributed by atoms with Gasteiger partial charge in [-0.25, -0.2) is 0 Å². The highest BCUT2D eigenvalue weighted by atomic mass is 32.3. The first-order chi connectivity index (χ1) is 9.90. The smallest absolute Gasteiger partial charge is 0.0717 e. The molecule has 4 aliphatic heterocycles. The summed E-state index contributed by atoms with van der Waals surface area (Å²) in [7, 11) is 0. The van der Waals surface area contributed by atoms with Crippen molar-refractivity contribution in [2.75, 3.05) is 20.3 Å². The maximum absolute atomic E-state index is 2.04. The summed E-state index contributed by atoms with van der Waals surface area (Å²) in [6.45, 7) is 0. The molecule has 0 spiro atoms. The van der Waals surface area contributed by atoms with Crippen molar-refractivity contribution in [1.29, 1.82) is 0 Å². The highest BCUT2D eigenvalue weighted by molar-refractivity contribution is 8.47. The van der Waals surface area contributed by atoms with Gasteiger partial charge in [0, 0.05) is 20.3 Å². The van der Waals surface area contributed by atoms with Crippen LogP contribution in [0, 0.1) is 0 Å². The van der Waals surface area contributed by atoms with E-state index in [1.165, 1.54) is 28.8 Å². The van der Waals surface area contributed by atoms with Crippen molar-refractivity contribution in [3.05, 3.63) is 25.4 Å². The van der Waals surface area contributed by atoms with Gasteiger partial charge in [-0.2, -0.15) is 0 Å². The van der Waals surface area contributed by atoms with Crippen LogP contribution in [0.2, 0.25) is 0 Å². The van der Waals surface area contributed by atoms with E-state index < -0.39 is 0 Å². The van der Waals surface area contributed by atoms with E-state index in [0.717, 1.165) is 0 Å². The van der Waals surface area contributed by atoms with Gasteiger partial charge in [-0.3, -0.25) is 0 Å². The molecule has 0 fully saturated rings. The standard InChI is InChI=1S/C10H8S10/c1-11-2-14-6-5(13-1)17-9(18-6)10-19-7-8(20-10)16-4-12-3-15-7/h1-4H2.